The van der Waals surface area contributed by atoms with Crippen molar-refractivity contribution in [1.82, 2.24) is 10.2 Å². The Labute approximate surface area is 178 Å². The summed E-state index contributed by atoms with van der Waals surface area (Å²) in [4.78, 5) is 18.5. The Hall–Kier alpha value is -1.39. The monoisotopic (exact) mass is 490 g/mol. The third-order valence-corrected chi connectivity index (χ3v) is 4.26. The molecule has 27 heavy (non-hydrogen) atoms. The molecule has 8 heteroatoms. The molecule has 0 saturated carbocycles. The summed E-state index contributed by atoms with van der Waals surface area (Å²) in [6.45, 7) is 3.41. The predicted molar refractivity (Wildman–Crippen MR) is 119 cm³/mol. The van der Waals surface area contributed by atoms with E-state index in [-0.39, 0.29) is 36.4 Å². The van der Waals surface area contributed by atoms with Gasteiger partial charge in [-0.05, 0) is 31.4 Å². The normalized spacial score (nSPS) is 15.2. The van der Waals surface area contributed by atoms with Crippen LogP contribution in [0, 0.1) is 0 Å². The van der Waals surface area contributed by atoms with Crippen LogP contribution in [-0.4, -0.2) is 69.9 Å². The van der Waals surface area contributed by atoms with Crippen LogP contribution in [0.2, 0.25) is 0 Å². The first-order chi connectivity index (χ1) is 12.7. The maximum atomic E-state index is 12.1. The number of halogens is 1. The van der Waals surface area contributed by atoms with E-state index in [1.165, 1.54) is 0 Å². The summed E-state index contributed by atoms with van der Waals surface area (Å²) < 4.78 is 10.9. The highest BCUT2D eigenvalue weighted by atomic mass is 127. The van der Waals surface area contributed by atoms with Gasteiger partial charge in [-0.3, -0.25) is 9.79 Å². The van der Waals surface area contributed by atoms with Crippen LogP contribution < -0.4 is 10.6 Å². The quantitative estimate of drug-likeness (QED) is 0.253. The number of aliphatic imine (C=N–C) groups is 1. The Kier molecular flexibility index (Phi) is 12.0. The molecule has 0 bridgehead atoms. The van der Waals surface area contributed by atoms with Crippen LogP contribution in [0.25, 0.3) is 0 Å². The van der Waals surface area contributed by atoms with Crippen molar-refractivity contribution in [2.75, 3.05) is 52.3 Å². The number of nitrogens with zero attached hydrogens (tertiary/aromatic N) is 2. The molecule has 0 radical (unpaired) electrons. The van der Waals surface area contributed by atoms with Crippen molar-refractivity contribution in [3.63, 3.8) is 0 Å². The smallest absolute Gasteiger partial charge is 0.243 e. The largest absolute Gasteiger partial charge is 0.385 e. The molecule has 0 spiro atoms. The Morgan fingerprint density at radius 1 is 1.22 bits per heavy atom. The summed E-state index contributed by atoms with van der Waals surface area (Å²) in [7, 11) is 3.45. The van der Waals surface area contributed by atoms with E-state index in [1.807, 2.05) is 30.3 Å². The van der Waals surface area contributed by atoms with Crippen molar-refractivity contribution in [1.29, 1.82) is 0 Å². The standard InChI is InChI=1S/C19H30N4O3.HI/c1-20-19(21-15-18(24)22-16-7-4-3-5-8-16)23-11-9-17(10-12-23)26-14-6-13-25-2;/h3-5,7-8,17H,6,9-15H2,1-2H3,(H,20,21)(H,22,24);1H. The number of para-hydroxylation sites is 1. The summed E-state index contributed by atoms with van der Waals surface area (Å²) in [6, 6.07) is 9.43. The highest BCUT2D eigenvalue weighted by molar-refractivity contribution is 14.0. The summed E-state index contributed by atoms with van der Waals surface area (Å²) in [5, 5.41) is 6.00. The molecule has 1 heterocycles. The molecule has 1 aromatic rings. The molecule has 1 saturated heterocycles. The number of amides is 1. The zero-order valence-corrected chi connectivity index (χ0v) is 18.5. The lowest BCUT2D eigenvalue weighted by Crippen LogP contribution is -2.48. The van der Waals surface area contributed by atoms with Gasteiger partial charge in [-0.1, -0.05) is 18.2 Å². The highest BCUT2D eigenvalue weighted by Crippen LogP contribution is 2.14. The molecule has 2 rings (SSSR count). The number of hydrogen-bond donors (Lipinski definition) is 2. The van der Waals surface area contributed by atoms with Gasteiger partial charge in [-0.25, -0.2) is 0 Å². The van der Waals surface area contributed by atoms with Gasteiger partial charge in [-0.15, -0.1) is 24.0 Å². The van der Waals surface area contributed by atoms with Gasteiger partial charge >= 0.3 is 0 Å². The van der Waals surface area contributed by atoms with Gasteiger partial charge < -0.3 is 25.0 Å². The molecule has 0 atom stereocenters. The number of hydrogen-bond acceptors (Lipinski definition) is 4. The van der Waals surface area contributed by atoms with E-state index in [9.17, 15) is 4.79 Å². The zero-order valence-electron chi connectivity index (χ0n) is 16.1. The number of anilines is 1. The van der Waals surface area contributed by atoms with Gasteiger partial charge in [0, 0.05) is 46.1 Å². The Morgan fingerprint density at radius 3 is 2.56 bits per heavy atom. The molecular weight excluding hydrogens is 459 g/mol. The SMILES string of the molecule is CN=C(NCC(=O)Nc1ccccc1)N1CCC(OCCCOC)CC1.I. The third kappa shape index (κ3) is 8.89. The summed E-state index contributed by atoms with van der Waals surface area (Å²) in [5.74, 6) is 0.666. The number of benzene rings is 1. The van der Waals surface area contributed by atoms with Crippen LogP contribution in [-0.2, 0) is 14.3 Å². The van der Waals surface area contributed by atoms with E-state index >= 15 is 0 Å². The van der Waals surface area contributed by atoms with Gasteiger partial charge in [0.25, 0.3) is 0 Å². The number of carbonyl (C=O) groups excluding carboxylic acids is 1. The second-order valence-corrected chi connectivity index (χ2v) is 6.22. The van der Waals surface area contributed by atoms with E-state index in [0.717, 1.165) is 57.2 Å². The minimum absolute atomic E-state index is 0. The minimum Gasteiger partial charge on any atom is -0.385 e. The maximum absolute atomic E-state index is 12.1. The first-order valence-electron chi connectivity index (χ1n) is 9.14. The van der Waals surface area contributed by atoms with Crippen LogP contribution in [0.4, 0.5) is 5.69 Å². The Morgan fingerprint density at radius 2 is 1.93 bits per heavy atom. The van der Waals surface area contributed by atoms with Gasteiger partial charge in [0.1, 0.15) is 0 Å². The molecule has 1 fully saturated rings. The van der Waals surface area contributed by atoms with E-state index in [0.29, 0.717) is 6.10 Å². The number of ether oxygens (including phenoxy) is 2. The van der Waals surface area contributed by atoms with Crippen LogP contribution in [0.1, 0.15) is 19.3 Å². The van der Waals surface area contributed by atoms with Crippen molar-refractivity contribution in [2.45, 2.75) is 25.4 Å². The summed E-state index contributed by atoms with van der Waals surface area (Å²) in [6.07, 6.45) is 3.15. The Balaban J connectivity index is 0.00000364. The lowest BCUT2D eigenvalue weighted by molar-refractivity contribution is -0.115. The first-order valence-corrected chi connectivity index (χ1v) is 9.14. The maximum Gasteiger partial charge on any atom is 0.243 e. The average molecular weight is 490 g/mol. The van der Waals surface area contributed by atoms with Gasteiger partial charge in [0.15, 0.2) is 5.96 Å². The van der Waals surface area contributed by atoms with E-state index in [1.54, 1.807) is 14.2 Å². The van der Waals surface area contributed by atoms with Gasteiger partial charge in [-0.2, -0.15) is 0 Å². The molecule has 152 valence electrons. The molecule has 0 aliphatic carbocycles. The molecule has 0 unspecified atom stereocenters. The number of piperidine rings is 1. The molecule has 1 aliphatic rings. The van der Waals surface area contributed by atoms with Crippen molar-refractivity contribution < 1.29 is 14.3 Å². The van der Waals surface area contributed by atoms with Crippen molar-refractivity contribution in [2.24, 2.45) is 4.99 Å². The van der Waals surface area contributed by atoms with Crippen molar-refractivity contribution >= 4 is 41.5 Å². The van der Waals surface area contributed by atoms with Crippen LogP contribution in [0.15, 0.2) is 35.3 Å². The van der Waals surface area contributed by atoms with E-state index in [2.05, 4.69) is 20.5 Å². The Bertz CT molecular complexity index is 563. The van der Waals surface area contributed by atoms with Gasteiger partial charge in [0.2, 0.25) is 5.91 Å². The van der Waals surface area contributed by atoms with Crippen LogP contribution in [0.5, 0.6) is 0 Å². The molecule has 2 N–H and O–H groups in total. The summed E-state index contributed by atoms with van der Waals surface area (Å²) in [5.41, 5.74) is 0.792. The molecule has 7 nitrogen and oxygen atoms in total. The molecule has 1 aliphatic heterocycles. The predicted octanol–water partition coefficient (Wildman–Crippen LogP) is 2.34. The molecule has 1 aromatic carbocycles. The number of carbonyl (C=O) groups is 1. The van der Waals surface area contributed by atoms with Crippen molar-refractivity contribution in [3.05, 3.63) is 30.3 Å². The lowest BCUT2D eigenvalue weighted by atomic mass is 10.1. The second kappa shape index (κ2) is 13.7. The van der Waals surface area contributed by atoms with Gasteiger partial charge in [0.05, 0.1) is 12.6 Å². The summed E-state index contributed by atoms with van der Waals surface area (Å²) >= 11 is 0. The molecule has 0 aromatic heterocycles. The molecule has 1 amide bonds. The number of likely N-dealkylation sites (tertiary alicyclic amines) is 1. The fourth-order valence-electron chi connectivity index (χ4n) is 2.91. The topological polar surface area (TPSA) is 75.2 Å². The number of nitrogens with one attached hydrogen (secondary N) is 2. The lowest BCUT2D eigenvalue weighted by Gasteiger charge is -2.34. The average Bonchev–Trinajstić information content (AvgIpc) is 2.67. The van der Waals surface area contributed by atoms with Crippen molar-refractivity contribution in [3.8, 4) is 0 Å². The second-order valence-electron chi connectivity index (χ2n) is 6.22. The van der Waals surface area contributed by atoms with E-state index < -0.39 is 0 Å². The van der Waals surface area contributed by atoms with Crippen LogP contribution >= 0.6 is 24.0 Å². The number of rotatable bonds is 8. The number of methoxy groups -OCH3 is 1. The third-order valence-electron chi connectivity index (χ3n) is 4.26. The number of guanidine groups is 1. The van der Waals surface area contributed by atoms with E-state index in [4.69, 9.17) is 9.47 Å². The fraction of sp³-hybridized carbons (Fsp3) is 0.579. The zero-order chi connectivity index (χ0) is 18.6. The fourth-order valence-corrected chi connectivity index (χ4v) is 2.91. The first kappa shape index (κ1) is 23.6. The minimum atomic E-state index is -0.0892. The highest BCUT2D eigenvalue weighted by Gasteiger charge is 2.22. The molecular formula is C19H31IN4O3. The van der Waals surface area contributed by atoms with Crippen LogP contribution in [0.3, 0.4) is 0 Å².